The largest absolute Gasteiger partial charge is 0.370 e. The van der Waals surface area contributed by atoms with E-state index in [1.807, 2.05) is 6.92 Å². The summed E-state index contributed by atoms with van der Waals surface area (Å²) >= 11 is 0. The van der Waals surface area contributed by atoms with Gasteiger partial charge < -0.3 is 11.5 Å². The molecule has 13 heavy (non-hydrogen) atoms. The monoisotopic (exact) mass is 184 g/mol. The summed E-state index contributed by atoms with van der Waals surface area (Å²) in [6, 6.07) is 0. The van der Waals surface area contributed by atoms with Gasteiger partial charge in [0.25, 0.3) is 0 Å². The molecule has 0 aliphatic heterocycles. The van der Waals surface area contributed by atoms with Crippen molar-refractivity contribution >= 4 is 5.91 Å². The lowest BCUT2D eigenvalue weighted by Gasteiger charge is -2.33. The van der Waals surface area contributed by atoms with Crippen molar-refractivity contribution in [2.24, 2.45) is 17.4 Å². The highest BCUT2D eigenvalue weighted by Crippen LogP contribution is 2.36. The van der Waals surface area contributed by atoms with Crippen LogP contribution in [0.5, 0.6) is 0 Å². The molecule has 1 unspecified atom stereocenters. The Morgan fingerprint density at radius 2 is 2.00 bits per heavy atom. The summed E-state index contributed by atoms with van der Waals surface area (Å²) in [4.78, 5) is 10.9. The van der Waals surface area contributed by atoms with Crippen LogP contribution in [0.2, 0.25) is 0 Å². The van der Waals surface area contributed by atoms with Gasteiger partial charge in [-0.05, 0) is 25.2 Å². The predicted molar refractivity (Wildman–Crippen MR) is 53.0 cm³/mol. The molecule has 1 aliphatic rings. The van der Waals surface area contributed by atoms with Gasteiger partial charge in [0.05, 0.1) is 0 Å². The molecule has 3 nitrogen and oxygen atoms in total. The van der Waals surface area contributed by atoms with Crippen LogP contribution >= 0.6 is 0 Å². The second-order valence-corrected chi connectivity index (χ2v) is 4.21. The van der Waals surface area contributed by atoms with Crippen LogP contribution in [0.3, 0.4) is 0 Å². The van der Waals surface area contributed by atoms with E-state index in [0.717, 1.165) is 19.3 Å². The average molecular weight is 184 g/mol. The van der Waals surface area contributed by atoms with Crippen LogP contribution in [0.15, 0.2) is 0 Å². The lowest BCUT2D eigenvalue weighted by Crippen LogP contribution is -2.48. The van der Waals surface area contributed by atoms with Crippen LogP contribution in [0, 0.1) is 5.92 Å². The molecule has 3 heteroatoms. The SMILES string of the molecule is CCC(N)(CC(N)=O)C1CCCC1. The van der Waals surface area contributed by atoms with E-state index in [1.165, 1.54) is 12.8 Å². The van der Waals surface area contributed by atoms with Crippen LogP contribution in [0.25, 0.3) is 0 Å². The number of hydrogen-bond acceptors (Lipinski definition) is 2. The third kappa shape index (κ3) is 2.44. The highest BCUT2D eigenvalue weighted by atomic mass is 16.1. The quantitative estimate of drug-likeness (QED) is 0.688. The number of hydrogen-bond donors (Lipinski definition) is 2. The number of amides is 1. The van der Waals surface area contributed by atoms with Crippen molar-refractivity contribution in [2.45, 2.75) is 51.0 Å². The fourth-order valence-corrected chi connectivity index (χ4v) is 2.38. The van der Waals surface area contributed by atoms with E-state index in [0.29, 0.717) is 12.3 Å². The zero-order valence-electron chi connectivity index (χ0n) is 8.38. The molecule has 0 saturated heterocycles. The highest BCUT2D eigenvalue weighted by Gasteiger charge is 2.36. The van der Waals surface area contributed by atoms with E-state index >= 15 is 0 Å². The minimum atomic E-state index is -0.331. The molecule has 0 radical (unpaired) electrons. The smallest absolute Gasteiger partial charge is 0.219 e. The molecule has 4 N–H and O–H groups in total. The summed E-state index contributed by atoms with van der Waals surface area (Å²) in [7, 11) is 0. The Bertz CT molecular complexity index is 187. The van der Waals surface area contributed by atoms with E-state index in [2.05, 4.69) is 0 Å². The standard InChI is InChI=1S/C10H20N2O/c1-2-10(12,7-9(11)13)8-5-3-4-6-8/h8H,2-7,12H2,1H3,(H2,11,13). The normalized spacial score (nSPS) is 22.9. The fraction of sp³-hybridized carbons (Fsp3) is 0.900. The summed E-state index contributed by atoms with van der Waals surface area (Å²) in [6.45, 7) is 2.04. The Kier molecular flexibility index (Phi) is 3.31. The molecule has 1 atom stereocenters. The molecule has 1 saturated carbocycles. The molecule has 0 aromatic carbocycles. The van der Waals surface area contributed by atoms with Crippen molar-refractivity contribution in [3.63, 3.8) is 0 Å². The van der Waals surface area contributed by atoms with Gasteiger partial charge in [-0.25, -0.2) is 0 Å². The van der Waals surface area contributed by atoms with Crippen molar-refractivity contribution in [1.29, 1.82) is 0 Å². The summed E-state index contributed by atoms with van der Waals surface area (Å²) in [5.74, 6) is 0.237. The maximum absolute atomic E-state index is 10.9. The molecular formula is C10H20N2O. The van der Waals surface area contributed by atoms with Gasteiger partial charge in [-0.3, -0.25) is 4.79 Å². The molecule has 1 rings (SSSR count). The van der Waals surface area contributed by atoms with Crippen LogP contribution in [-0.2, 0) is 4.79 Å². The van der Waals surface area contributed by atoms with E-state index in [9.17, 15) is 4.79 Å². The second-order valence-electron chi connectivity index (χ2n) is 4.21. The number of nitrogens with two attached hydrogens (primary N) is 2. The molecular weight excluding hydrogens is 164 g/mol. The van der Waals surface area contributed by atoms with Gasteiger partial charge in [-0.15, -0.1) is 0 Å². The summed E-state index contributed by atoms with van der Waals surface area (Å²) < 4.78 is 0. The molecule has 76 valence electrons. The van der Waals surface area contributed by atoms with Gasteiger partial charge in [0.2, 0.25) is 5.91 Å². The minimum Gasteiger partial charge on any atom is -0.370 e. The van der Waals surface area contributed by atoms with Crippen molar-refractivity contribution in [3.8, 4) is 0 Å². The average Bonchev–Trinajstić information content (AvgIpc) is 2.55. The number of carbonyl (C=O) groups is 1. The third-order valence-electron chi connectivity index (χ3n) is 3.33. The first-order chi connectivity index (χ1) is 6.08. The third-order valence-corrected chi connectivity index (χ3v) is 3.33. The van der Waals surface area contributed by atoms with E-state index < -0.39 is 0 Å². The van der Waals surface area contributed by atoms with Crippen molar-refractivity contribution in [3.05, 3.63) is 0 Å². The summed E-state index contributed by atoms with van der Waals surface area (Å²) in [5, 5.41) is 0. The van der Waals surface area contributed by atoms with Gasteiger partial charge in [0.1, 0.15) is 0 Å². The van der Waals surface area contributed by atoms with Crippen molar-refractivity contribution in [2.75, 3.05) is 0 Å². The zero-order chi connectivity index (χ0) is 9.90. The zero-order valence-corrected chi connectivity index (χ0v) is 8.38. The van der Waals surface area contributed by atoms with Crippen LogP contribution in [-0.4, -0.2) is 11.4 Å². The molecule has 0 heterocycles. The molecule has 1 amide bonds. The van der Waals surface area contributed by atoms with Crippen LogP contribution in [0.4, 0.5) is 0 Å². The molecule has 1 aliphatic carbocycles. The van der Waals surface area contributed by atoms with Gasteiger partial charge in [0.15, 0.2) is 0 Å². The van der Waals surface area contributed by atoms with E-state index in [4.69, 9.17) is 11.5 Å². The van der Waals surface area contributed by atoms with Gasteiger partial charge >= 0.3 is 0 Å². The topological polar surface area (TPSA) is 69.1 Å². The Hall–Kier alpha value is -0.570. The van der Waals surface area contributed by atoms with Gasteiger partial charge in [-0.2, -0.15) is 0 Å². The van der Waals surface area contributed by atoms with E-state index in [1.54, 1.807) is 0 Å². The van der Waals surface area contributed by atoms with E-state index in [-0.39, 0.29) is 11.4 Å². The fourth-order valence-electron chi connectivity index (χ4n) is 2.38. The molecule has 0 bridgehead atoms. The maximum Gasteiger partial charge on any atom is 0.219 e. The van der Waals surface area contributed by atoms with Gasteiger partial charge in [0, 0.05) is 12.0 Å². The Morgan fingerprint density at radius 3 is 2.38 bits per heavy atom. The first-order valence-electron chi connectivity index (χ1n) is 5.15. The Balaban J connectivity index is 2.61. The number of carbonyl (C=O) groups excluding carboxylic acids is 1. The first kappa shape index (κ1) is 10.5. The van der Waals surface area contributed by atoms with Gasteiger partial charge in [-0.1, -0.05) is 19.8 Å². The summed E-state index contributed by atoms with van der Waals surface area (Å²) in [5.41, 5.74) is 11.1. The molecule has 0 aromatic heterocycles. The molecule has 0 aromatic rings. The van der Waals surface area contributed by atoms with Crippen LogP contribution < -0.4 is 11.5 Å². The number of rotatable bonds is 4. The molecule has 1 fully saturated rings. The predicted octanol–water partition coefficient (Wildman–Crippen LogP) is 1.16. The summed E-state index contributed by atoms with van der Waals surface area (Å²) in [6.07, 6.45) is 6.02. The second kappa shape index (κ2) is 4.09. The number of primary amides is 1. The maximum atomic E-state index is 10.9. The van der Waals surface area contributed by atoms with Crippen LogP contribution in [0.1, 0.15) is 45.4 Å². The van der Waals surface area contributed by atoms with Crippen molar-refractivity contribution in [1.82, 2.24) is 0 Å². The first-order valence-corrected chi connectivity index (χ1v) is 5.15. The minimum absolute atomic E-state index is 0.267. The lowest BCUT2D eigenvalue weighted by atomic mass is 9.78. The lowest BCUT2D eigenvalue weighted by molar-refractivity contribution is -0.119. The molecule has 0 spiro atoms. The Labute approximate surface area is 79.9 Å². The van der Waals surface area contributed by atoms with Crippen molar-refractivity contribution < 1.29 is 4.79 Å². The Morgan fingerprint density at radius 1 is 1.46 bits per heavy atom. The highest BCUT2D eigenvalue weighted by molar-refractivity contribution is 5.75.